The number of sulfone groups is 4. The van der Waals surface area contributed by atoms with E-state index >= 15 is 0 Å². The summed E-state index contributed by atoms with van der Waals surface area (Å²) in [6.07, 6.45) is -0.753. The molecule has 2 unspecified atom stereocenters. The Bertz CT molecular complexity index is 1310. The molecule has 2 atom stereocenters. The van der Waals surface area contributed by atoms with Gasteiger partial charge in [-0.15, -0.1) is 0 Å². The molecule has 2 rings (SSSR count). The zero-order chi connectivity index (χ0) is 24.9. The van der Waals surface area contributed by atoms with Crippen molar-refractivity contribution in [3.8, 4) is 0 Å². The van der Waals surface area contributed by atoms with Gasteiger partial charge in [-0.2, -0.15) is 0 Å². The highest BCUT2D eigenvalue weighted by Gasteiger charge is 2.39. The molecular formula is C17H18N4O8S4-2. The fourth-order valence-corrected chi connectivity index (χ4v) is 10.9. The molecule has 0 radical (unpaired) electrons. The molecule has 12 nitrogen and oxygen atoms in total. The molecule has 0 spiro atoms. The van der Waals surface area contributed by atoms with Gasteiger partial charge in [0.2, 0.25) is 29.1 Å². The molecule has 0 aromatic heterocycles. The smallest absolute Gasteiger partial charge is 0.237 e. The minimum atomic E-state index is -4.73. The predicted octanol–water partition coefficient (Wildman–Crippen LogP) is 1.76. The van der Waals surface area contributed by atoms with Gasteiger partial charge in [0.15, 0.2) is 19.7 Å². The number of rotatable bonds is 12. The molecule has 0 aliphatic rings. The van der Waals surface area contributed by atoms with Gasteiger partial charge in [0.25, 0.3) is 0 Å². The van der Waals surface area contributed by atoms with Crippen molar-refractivity contribution in [1.82, 2.24) is 0 Å². The second-order valence-corrected chi connectivity index (χ2v) is 15.6. The first kappa shape index (κ1) is 26.7. The van der Waals surface area contributed by atoms with Gasteiger partial charge in [-0.05, 0) is 30.7 Å². The molecule has 0 saturated heterocycles. The highest BCUT2D eigenvalue weighted by molar-refractivity contribution is 8.09. The summed E-state index contributed by atoms with van der Waals surface area (Å²) in [6.45, 7) is 0. The van der Waals surface area contributed by atoms with E-state index in [1.54, 1.807) is 0 Å². The Morgan fingerprint density at radius 3 is 1.15 bits per heavy atom. The van der Waals surface area contributed by atoms with Gasteiger partial charge < -0.3 is 21.3 Å². The van der Waals surface area contributed by atoms with Crippen LogP contribution in [0.3, 0.4) is 0 Å². The van der Waals surface area contributed by atoms with E-state index in [0.717, 1.165) is 24.3 Å². The molecule has 180 valence electrons. The first-order valence-corrected chi connectivity index (χ1v) is 15.5. The van der Waals surface area contributed by atoms with Crippen molar-refractivity contribution in [3.05, 3.63) is 71.7 Å². The van der Waals surface area contributed by atoms with Crippen LogP contribution in [-0.4, -0.2) is 54.6 Å². The van der Waals surface area contributed by atoms with E-state index < -0.39 is 76.5 Å². The van der Waals surface area contributed by atoms with Crippen LogP contribution >= 0.6 is 0 Å². The van der Waals surface area contributed by atoms with Crippen LogP contribution in [0.5, 0.6) is 0 Å². The molecule has 0 aliphatic carbocycles. The van der Waals surface area contributed by atoms with E-state index in [9.17, 15) is 33.7 Å². The highest BCUT2D eigenvalue weighted by atomic mass is 32.3. The fourth-order valence-electron chi connectivity index (χ4n) is 2.77. The minimum Gasteiger partial charge on any atom is -0.710 e. The maximum absolute atomic E-state index is 12.5. The first-order chi connectivity index (χ1) is 15.3. The van der Waals surface area contributed by atoms with Gasteiger partial charge in [-0.3, -0.25) is 0 Å². The first-order valence-electron chi connectivity index (χ1n) is 9.00. The Balaban J connectivity index is 2.23. The number of hydrogen-bond acceptors (Lipinski definition) is 10. The number of hydrogen-bond donors (Lipinski definition) is 0. The molecule has 0 bridgehead atoms. The summed E-state index contributed by atoms with van der Waals surface area (Å²) >= 11 is 0. The summed E-state index contributed by atoms with van der Waals surface area (Å²) in [4.78, 5) is -0.866. The van der Waals surface area contributed by atoms with E-state index in [2.05, 4.69) is 10.2 Å². The van der Waals surface area contributed by atoms with Crippen LogP contribution in [0.2, 0.25) is 0 Å². The zero-order valence-electron chi connectivity index (χ0n) is 16.7. The van der Waals surface area contributed by atoms with Gasteiger partial charge >= 0.3 is 0 Å². The number of nitrogens with zero attached hydrogens (tertiary/aromatic N) is 4. The van der Waals surface area contributed by atoms with Crippen molar-refractivity contribution in [2.45, 2.75) is 25.6 Å². The zero-order valence-corrected chi connectivity index (χ0v) is 20.0. The van der Waals surface area contributed by atoms with E-state index in [1.807, 2.05) is 0 Å². The second kappa shape index (κ2) is 10.1. The monoisotopic (exact) mass is 534 g/mol. The van der Waals surface area contributed by atoms with Crippen LogP contribution < -0.4 is 0 Å². The van der Waals surface area contributed by atoms with Crippen LogP contribution in [0.4, 0.5) is 0 Å². The third-order valence-electron chi connectivity index (χ3n) is 4.34. The van der Waals surface area contributed by atoms with E-state index in [0.29, 0.717) is 0 Å². The van der Waals surface area contributed by atoms with Gasteiger partial charge in [0.1, 0.15) is 0 Å². The normalized spacial score (nSPS) is 14.8. The van der Waals surface area contributed by atoms with E-state index in [-0.39, 0.29) is 0 Å². The molecule has 0 N–H and O–H groups in total. The molecule has 0 saturated carbocycles. The molecule has 33 heavy (non-hydrogen) atoms. The largest absolute Gasteiger partial charge is 0.710 e. The Morgan fingerprint density at radius 1 is 0.576 bits per heavy atom. The Kier molecular flexibility index (Phi) is 8.21. The summed E-state index contributed by atoms with van der Waals surface area (Å²) < 4.78 is 94.9. The predicted molar refractivity (Wildman–Crippen MR) is 119 cm³/mol. The third kappa shape index (κ3) is 5.87. The third-order valence-corrected chi connectivity index (χ3v) is 13.9. The highest BCUT2D eigenvalue weighted by Crippen LogP contribution is 2.24. The Morgan fingerprint density at radius 2 is 0.879 bits per heavy atom. The van der Waals surface area contributed by atoms with E-state index in [4.69, 9.17) is 11.1 Å². The van der Waals surface area contributed by atoms with Crippen LogP contribution in [0, 0.1) is 0 Å². The Hall–Kier alpha value is -2.56. The van der Waals surface area contributed by atoms with Crippen molar-refractivity contribution in [1.29, 1.82) is 0 Å². The average Bonchev–Trinajstić information content (AvgIpc) is 2.74. The SMILES string of the molecule is [N-]=NC(S(=O)(=O)CCCS(=O)(=O)C(N=[N-])S(=O)(=O)c1ccccc1)S(=O)(=O)c1ccccc1. The van der Waals surface area contributed by atoms with Crippen molar-refractivity contribution in [3.63, 3.8) is 0 Å². The minimum absolute atomic E-state index is 0.433. The van der Waals surface area contributed by atoms with Gasteiger partial charge in [-0.1, -0.05) is 36.4 Å². The topological polar surface area (TPSA) is 206 Å². The lowest BCUT2D eigenvalue weighted by Gasteiger charge is -2.18. The summed E-state index contributed by atoms with van der Waals surface area (Å²) in [5.74, 6) is -2.15. The molecule has 0 heterocycles. The van der Waals surface area contributed by atoms with E-state index in [1.165, 1.54) is 36.4 Å². The average molecular weight is 535 g/mol. The lowest BCUT2D eigenvalue weighted by molar-refractivity contribution is 0.574. The molecule has 0 aliphatic heterocycles. The molecule has 2 aromatic rings. The van der Waals surface area contributed by atoms with Crippen LogP contribution in [-0.2, 0) is 39.3 Å². The quantitative estimate of drug-likeness (QED) is 0.366. The summed E-state index contributed by atoms with van der Waals surface area (Å²) in [6, 6.07) is 12.6. The van der Waals surface area contributed by atoms with Crippen LogP contribution in [0.25, 0.3) is 11.1 Å². The summed E-state index contributed by atoms with van der Waals surface area (Å²) in [5, 5.41) is 4.95. The molecule has 0 amide bonds. The van der Waals surface area contributed by atoms with Crippen molar-refractivity contribution in [2.75, 3.05) is 11.5 Å². The molecule has 2 aromatic carbocycles. The fraction of sp³-hybridized carbons (Fsp3) is 0.294. The van der Waals surface area contributed by atoms with Crippen LogP contribution in [0.1, 0.15) is 6.42 Å². The van der Waals surface area contributed by atoms with Crippen molar-refractivity contribution in [2.24, 2.45) is 10.2 Å². The van der Waals surface area contributed by atoms with Gasteiger partial charge in [0, 0.05) is 0 Å². The van der Waals surface area contributed by atoms with Crippen LogP contribution in [0.15, 0.2) is 80.7 Å². The molecular weight excluding hydrogens is 516 g/mol. The summed E-state index contributed by atoms with van der Waals surface area (Å²) in [7, 11) is -18.8. The lowest BCUT2D eigenvalue weighted by Crippen LogP contribution is -2.33. The lowest BCUT2D eigenvalue weighted by atomic mass is 10.4. The maximum atomic E-state index is 12.5. The number of benzene rings is 2. The van der Waals surface area contributed by atoms with Gasteiger partial charge in [0.05, 0.1) is 21.3 Å². The Labute approximate surface area is 191 Å². The standard InChI is InChI=1S/C17H18N4O8S4/c18-20-16(32(26,27)14-8-3-1-4-9-14)30(22,23)12-7-13-31(24,25)17(21-19)33(28,29)15-10-5-2-6-11-15/h1-6,8-11,16-17H,7,12-13H2/q-2. The summed E-state index contributed by atoms with van der Waals surface area (Å²) in [5.41, 5.74) is 18.2. The molecule has 16 heteroatoms. The molecule has 0 fully saturated rings. The van der Waals surface area contributed by atoms with Crippen molar-refractivity contribution >= 4 is 39.3 Å². The maximum Gasteiger partial charge on any atom is 0.237 e. The van der Waals surface area contributed by atoms with Crippen molar-refractivity contribution < 1.29 is 33.7 Å². The second-order valence-electron chi connectivity index (χ2n) is 6.65. The van der Waals surface area contributed by atoms with Gasteiger partial charge in [-0.25, -0.2) is 33.7 Å².